The molecule has 0 aliphatic heterocycles. The van der Waals surface area contributed by atoms with Gasteiger partial charge >= 0.3 is 5.97 Å². The highest BCUT2D eigenvalue weighted by atomic mass is 79.9. The molecule has 2 aromatic rings. The maximum absolute atomic E-state index is 12.0. The number of anilines is 2. The van der Waals surface area contributed by atoms with Gasteiger partial charge in [0.2, 0.25) is 5.91 Å². The number of benzene rings is 2. The number of carbonyl (C=O) groups is 3. The molecule has 2 rings (SSSR count). The number of hydrogen-bond donors (Lipinski definition) is 2. The number of halogens is 1. The summed E-state index contributed by atoms with van der Waals surface area (Å²) in [7, 11) is 0. The highest BCUT2D eigenvalue weighted by Gasteiger charge is 2.11. The van der Waals surface area contributed by atoms with Crippen LogP contribution in [0.1, 0.15) is 31.7 Å². The molecule has 2 N–H and O–H groups in total. The SMILES string of the molecule is CCOc1ccc(NC(=O)CCCC(=O)OCC(=O)Nc2ccc(Br)cc2C)cc1. The zero-order valence-corrected chi connectivity index (χ0v) is 18.6. The van der Waals surface area contributed by atoms with Crippen LogP contribution in [0.3, 0.4) is 0 Å². The molecule has 0 atom stereocenters. The first-order valence-electron chi connectivity index (χ1n) is 9.61. The van der Waals surface area contributed by atoms with Gasteiger partial charge in [-0.25, -0.2) is 0 Å². The minimum absolute atomic E-state index is 0.0568. The number of ether oxygens (including phenoxy) is 2. The Morgan fingerprint density at radius 1 is 0.967 bits per heavy atom. The quantitative estimate of drug-likeness (QED) is 0.494. The third kappa shape index (κ3) is 8.24. The molecule has 160 valence electrons. The Kier molecular flexibility index (Phi) is 9.34. The van der Waals surface area contributed by atoms with Crippen molar-refractivity contribution in [3.8, 4) is 5.75 Å². The number of hydrogen-bond acceptors (Lipinski definition) is 5. The molecular weight excluding hydrogens is 452 g/mol. The summed E-state index contributed by atoms with van der Waals surface area (Å²) in [5, 5.41) is 5.45. The van der Waals surface area contributed by atoms with Crippen LogP contribution in [0.25, 0.3) is 0 Å². The van der Waals surface area contributed by atoms with Gasteiger partial charge in [-0.2, -0.15) is 0 Å². The standard InChI is InChI=1S/C22H25BrN2O5/c1-3-29-18-10-8-17(9-11-18)24-20(26)5-4-6-22(28)30-14-21(27)25-19-12-7-16(23)13-15(19)2/h7-13H,3-6,14H2,1-2H3,(H,24,26)(H,25,27). The predicted octanol–water partition coefficient (Wildman–Crippen LogP) is 4.45. The molecule has 2 amide bonds. The number of aryl methyl sites for hydroxylation is 1. The topological polar surface area (TPSA) is 93.7 Å². The van der Waals surface area contributed by atoms with E-state index in [1.54, 1.807) is 30.3 Å². The van der Waals surface area contributed by atoms with Gasteiger partial charge in [-0.05, 0) is 68.3 Å². The van der Waals surface area contributed by atoms with E-state index in [2.05, 4.69) is 26.6 Å². The van der Waals surface area contributed by atoms with E-state index in [0.717, 1.165) is 15.8 Å². The molecule has 0 aliphatic carbocycles. The summed E-state index contributed by atoms with van der Waals surface area (Å²) in [5.74, 6) is -0.401. The smallest absolute Gasteiger partial charge is 0.306 e. The average Bonchev–Trinajstić information content (AvgIpc) is 2.70. The van der Waals surface area contributed by atoms with Crippen LogP contribution < -0.4 is 15.4 Å². The lowest BCUT2D eigenvalue weighted by Gasteiger charge is -2.09. The van der Waals surface area contributed by atoms with E-state index in [4.69, 9.17) is 9.47 Å². The normalized spacial score (nSPS) is 10.2. The van der Waals surface area contributed by atoms with Gasteiger partial charge in [0.05, 0.1) is 6.61 Å². The fraction of sp³-hybridized carbons (Fsp3) is 0.318. The van der Waals surface area contributed by atoms with Crippen molar-refractivity contribution in [1.29, 1.82) is 0 Å². The van der Waals surface area contributed by atoms with Crippen molar-refractivity contribution < 1.29 is 23.9 Å². The second-order valence-electron chi connectivity index (χ2n) is 6.53. The van der Waals surface area contributed by atoms with Gasteiger partial charge in [-0.15, -0.1) is 0 Å². The maximum Gasteiger partial charge on any atom is 0.306 e. The molecule has 0 aliphatic rings. The Labute approximate surface area is 184 Å². The lowest BCUT2D eigenvalue weighted by molar-refractivity contribution is -0.147. The van der Waals surface area contributed by atoms with Crippen LogP contribution in [0.15, 0.2) is 46.9 Å². The first kappa shape index (κ1) is 23.4. The van der Waals surface area contributed by atoms with Crippen molar-refractivity contribution in [1.82, 2.24) is 0 Å². The summed E-state index contributed by atoms with van der Waals surface area (Å²) in [6.45, 7) is 3.97. The number of carbonyl (C=O) groups excluding carboxylic acids is 3. The number of esters is 1. The van der Waals surface area contributed by atoms with Crippen LogP contribution >= 0.6 is 15.9 Å². The van der Waals surface area contributed by atoms with E-state index in [1.165, 1.54) is 0 Å². The van der Waals surface area contributed by atoms with Crippen molar-refractivity contribution in [2.45, 2.75) is 33.1 Å². The van der Waals surface area contributed by atoms with Crippen molar-refractivity contribution in [2.75, 3.05) is 23.8 Å². The van der Waals surface area contributed by atoms with Crippen LogP contribution in [0.4, 0.5) is 11.4 Å². The molecule has 0 saturated heterocycles. The van der Waals surface area contributed by atoms with Crippen LogP contribution in [-0.2, 0) is 19.1 Å². The van der Waals surface area contributed by atoms with Crippen LogP contribution in [0, 0.1) is 6.92 Å². The highest BCUT2D eigenvalue weighted by Crippen LogP contribution is 2.20. The first-order valence-corrected chi connectivity index (χ1v) is 10.4. The van der Waals surface area contributed by atoms with E-state index >= 15 is 0 Å². The van der Waals surface area contributed by atoms with Gasteiger partial charge < -0.3 is 20.1 Å². The van der Waals surface area contributed by atoms with E-state index in [-0.39, 0.29) is 25.4 Å². The van der Waals surface area contributed by atoms with Gasteiger partial charge in [0.15, 0.2) is 6.61 Å². The summed E-state index contributed by atoms with van der Waals surface area (Å²) in [4.78, 5) is 35.7. The van der Waals surface area contributed by atoms with Crippen molar-refractivity contribution in [2.24, 2.45) is 0 Å². The molecule has 0 bridgehead atoms. The zero-order chi connectivity index (χ0) is 21.9. The van der Waals surface area contributed by atoms with E-state index in [1.807, 2.05) is 26.0 Å². The summed E-state index contributed by atoms with van der Waals surface area (Å²) >= 11 is 3.36. The fourth-order valence-corrected chi connectivity index (χ4v) is 3.07. The summed E-state index contributed by atoms with van der Waals surface area (Å²) in [6.07, 6.45) is 0.559. The Morgan fingerprint density at radius 3 is 2.37 bits per heavy atom. The first-order chi connectivity index (χ1) is 14.4. The lowest BCUT2D eigenvalue weighted by atomic mass is 10.2. The third-order valence-corrected chi connectivity index (χ3v) is 4.55. The molecule has 8 heteroatoms. The lowest BCUT2D eigenvalue weighted by Crippen LogP contribution is -2.21. The van der Waals surface area contributed by atoms with Crippen molar-refractivity contribution in [3.63, 3.8) is 0 Å². The molecule has 2 aromatic carbocycles. The molecule has 30 heavy (non-hydrogen) atoms. The number of amides is 2. The monoisotopic (exact) mass is 476 g/mol. The molecule has 0 heterocycles. The zero-order valence-electron chi connectivity index (χ0n) is 17.0. The summed E-state index contributed by atoms with van der Waals surface area (Å²) in [6, 6.07) is 12.5. The average molecular weight is 477 g/mol. The van der Waals surface area contributed by atoms with Crippen molar-refractivity contribution >= 4 is 45.1 Å². The van der Waals surface area contributed by atoms with Gasteiger partial charge in [0.1, 0.15) is 5.75 Å². The van der Waals surface area contributed by atoms with Gasteiger partial charge in [0.25, 0.3) is 5.91 Å². The van der Waals surface area contributed by atoms with Gasteiger partial charge in [-0.1, -0.05) is 15.9 Å². The number of rotatable bonds is 10. The van der Waals surface area contributed by atoms with Crippen LogP contribution in [-0.4, -0.2) is 31.0 Å². The van der Waals surface area contributed by atoms with Gasteiger partial charge in [0, 0.05) is 28.7 Å². The second-order valence-corrected chi connectivity index (χ2v) is 7.44. The third-order valence-electron chi connectivity index (χ3n) is 4.06. The Hall–Kier alpha value is -2.87. The predicted molar refractivity (Wildman–Crippen MR) is 119 cm³/mol. The van der Waals surface area contributed by atoms with Crippen LogP contribution in [0.2, 0.25) is 0 Å². The molecule has 0 saturated carbocycles. The fourth-order valence-electron chi connectivity index (χ4n) is 2.59. The molecule has 0 fully saturated rings. The molecule has 7 nitrogen and oxygen atoms in total. The summed E-state index contributed by atoms with van der Waals surface area (Å²) in [5.41, 5.74) is 2.21. The molecule has 0 aromatic heterocycles. The van der Waals surface area contributed by atoms with E-state index in [9.17, 15) is 14.4 Å². The minimum atomic E-state index is -0.522. The van der Waals surface area contributed by atoms with Gasteiger partial charge in [-0.3, -0.25) is 14.4 Å². The second kappa shape index (κ2) is 12.0. The maximum atomic E-state index is 12.0. The largest absolute Gasteiger partial charge is 0.494 e. The highest BCUT2D eigenvalue weighted by molar-refractivity contribution is 9.10. The van der Waals surface area contributed by atoms with E-state index < -0.39 is 11.9 Å². The van der Waals surface area contributed by atoms with Crippen LogP contribution in [0.5, 0.6) is 5.75 Å². The van der Waals surface area contributed by atoms with E-state index in [0.29, 0.717) is 24.4 Å². The minimum Gasteiger partial charge on any atom is -0.494 e. The Bertz CT molecular complexity index is 884. The molecular formula is C22H25BrN2O5. The number of nitrogens with one attached hydrogen (secondary N) is 2. The molecule has 0 unspecified atom stereocenters. The Balaban J connectivity index is 1.64. The molecule has 0 radical (unpaired) electrons. The summed E-state index contributed by atoms with van der Waals surface area (Å²) < 4.78 is 11.2. The van der Waals surface area contributed by atoms with Crippen molar-refractivity contribution in [3.05, 3.63) is 52.5 Å². The molecule has 0 spiro atoms. The Morgan fingerprint density at radius 2 is 1.70 bits per heavy atom.